The summed E-state index contributed by atoms with van der Waals surface area (Å²) >= 11 is 0. The first-order valence-corrected chi connectivity index (χ1v) is 8.17. The second-order valence-corrected chi connectivity index (χ2v) is 7.17. The van der Waals surface area contributed by atoms with Crippen molar-refractivity contribution < 1.29 is 9.47 Å². The van der Waals surface area contributed by atoms with E-state index in [1.165, 1.54) is 44.9 Å². The van der Waals surface area contributed by atoms with Gasteiger partial charge in [0.15, 0.2) is 5.79 Å². The number of hydrogen-bond donors (Lipinski definition) is 1. The second-order valence-electron chi connectivity index (χ2n) is 7.17. The first kappa shape index (κ1) is 13.8. The predicted octanol–water partition coefficient (Wildman–Crippen LogP) is 3.09. The number of rotatable bonds is 3. The van der Waals surface area contributed by atoms with E-state index in [1.807, 2.05) is 13.8 Å². The van der Waals surface area contributed by atoms with Gasteiger partial charge in [0.05, 0.1) is 12.7 Å². The van der Waals surface area contributed by atoms with E-state index < -0.39 is 0 Å². The molecule has 0 amide bonds. The van der Waals surface area contributed by atoms with Gasteiger partial charge in [0.2, 0.25) is 0 Å². The molecule has 2 saturated carbocycles. The Morgan fingerprint density at radius 3 is 2.58 bits per heavy atom. The van der Waals surface area contributed by atoms with Crippen LogP contribution >= 0.6 is 0 Å². The van der Waals surface area contributed by atoms with Gasteiger partial charge >= 0.3 is 0 Å². The summed E-state index contributed by atoms with van der Waals surface area (Å²) in [6, 6.07) is 0.715. The highest BCUT2D eigenvalue weighted by molar-refractivity contribution is 4.87. The van der Waals surface area contributed by atoms with Crippen LogP contribution in [0.15, 0.2) is 0 Å². The summed E-state index contributed by atoms with van der Waals surface area (Å²) in [5.41, 5.74) is 0. The van der Waals surface area contributed by atoms with Crippen LogP contribution in [0.2, 0.25) is 0 Å². The molecule has 1 saturated heterocycles. The van der Waals surface area contributed by atoms with E-state index in [1.54, 1.807) is 0 Å². The standard InChI is InChI=1S/C16H29NO2/c1-16(2)18-11-15(19-16)10-17-14-8-7-12-5-3-4-6-13(12)9-14/h12-15,17H,3-11H2,1-2H3. The molecule has 3 rings (SSSR count). The number of nitrogens with one attached hydrogen (secondary N) is 1. The third-order valence-electron chi connectivity index (χ3n) is 5.24. The molecule has 110 valence electrons. The van der Waals surface area contributed by atoms with Crippen molar-refractivity contribution in [3.8, 4) is 0 Å². The molecule has 4 atom stereocenters. The van der Waals surface area contributed by atoms with Crippen molar-refractivity contribution >= 4 is 0 Å². The maximum atomic E-state index is 5.86. The van der Waals surface area contributed by atoms with Gasteiger partial charge < -0.3 is 14.8 Å². The van der Waals surface area contributed by atoms with Gasteiger partial charge in [0, 0.05) is 12.6 Å². The molecule has 2 aliphatic carbocycles. The maximum absolute atomic E-state index is 5.86. The van der Waals surface area contributed by atoms with Crippen LogP contribution in [0, 0.1) is 11.8 Å². The Balaban J connectivity index is 1.41. The first-order chi connectivity index (χ1) is 9.12. The van der Waals surface area contributed by atoms with E-state index in [9.17, 15) is 0 Å². The van der Waals surface area contributed by atoms with E-state index in [4.69, 9.17) is 9.47 Å². The molecule has 1 heterocycles. The monoisotopic (exact) mass is 267 g/mol. The maximum Gasteiger partial charge on any atom is 0.163 e. The molecule has 3 nitrogen and oxygen atoms in total. The van der Waals surface area contributed by atoms with Crippen LogP contribution in [-0.4, -0.2) is 31.1 Å². The highest BCUT2D eigenvalue weighted by Gasteiger charge is 2.35. The number of ether oxygens (including phenoxy) is 2. The van der Waals surface area contributed by atoms with Crippen LogP contribution in [0.4, 0.5) is 0 Å². The summed E-state index contributed by atoms with van der Waals surface area (Å²) in [4.78, 5) is 0. The van der Waals surface area contributed by atoms with Crippen molar-refractivity contribution in [2.45, 2.75) is 76.7 Å². The van der Waals surface area contributed by atoms with Crippen molar-refractivity contribution in [2.75, 3.05) is 13.2 Å². The van der Waals surface area contributed by atoms with Gasteiger partial charge in [-0.2, -0.15) is 0 Å². The molecule has 0 aromatic carbocycles. The summed E-state index contributed by atoms with van der Waals surface area (Å²) in [6.45, 7) is 5.69. The van der Waals surface area contributed by atoms with Crippen LogP contribution in [0.1, 0.15) is 58.8 Å². The number of hydrogen-bond acceptors (Lipinski definition) is 3. The Morgan fingerprint density at radius 1 is 1.05 bits per heavy atom. The smallest absolute Gasteiger partial charge is 0.163 e. The zero-order valence-electron chi connectivity index (χ0n) is 12.5. The van der Waals surface area contributed by atoms with Gasteiger partial charge in [-0.1, -0.05) is 25.7 Å². The highest BCUT2D eigenvalue weighted by atomic mass is 16.7. The molecule has 0 bridgehead atoms. The fourth-order valence-electron chi connectivity index (χ4n) is 4.22. The topological polar surface area (TPSA) is 30.5 Å². The Kier molecular flexibility index (Phi) is 4.16. The lowest BCUT2D eigenvalue weighted by atomic mass is 9.69. The minimum Gasteiger partial charge on any atom is -0.348 e. The van der Waals surface area contributed by atoms with Crippen molar-refractivity contribution in [3.63, 3.8) is 0 Å². The first-order valence-electron chi connectivity index (χ1n) is 8.17. The molecule has 1 aliphatic heterocycles. The molecule has 0 aromatic heterocycles. The van der Waals surface area contributed by atoms with Gasteiger partial charge in [0.1, 0.15) is 0 Å². The Labute approximate surface area is 117 Å². The molecule has 0 spiro atoms. The summed E-state index contributed by atoms with van der Waals surface area (Å²) < 4.78 is 11.5. The lowest BCUT2D eigenvalue weighted by molar-refractivity contribution is -0.138. The summed E-state index contributed by atoms with van der Waals surface area (Å²) in [5.74, 6) is 1.65. The third-order valence-corrected chi connectivity index (χ3v) is 5.24. The average molecular weight is 267 g/mol. The van der Waals surface area contributed by atoms with E-state index in [-0.39, 0.29) is 11.9 Å². The number of fused-ring (bicyclic) bond motifs is 1. The Bertz CT molecular complexity index is 305. The van der Waals surface area contributed by atoms with Gasteiger partial charge in [-0.25, -0.2) is 0 Å². The molecule has 1 N–H and O–H groups in total. The second kappa shape index (κ2) is 5.71. The highest BCUT2D eigenvalue weighted by Crippen LogP contribution is 2.40. The molecular weight excluding hydrogens is 238 g/mol. The molecule has 3 fully saturated rings. The minimum atomic E-state index is -0.382. The largest absolute Gasteiger partial charge is 0.348 e. The van der Waals surface area contributed by atoms with E-state index in [2.05, 4.69) is 5.32 Å². The van der Waals surface area contributed by atoms with Crippen molar-refractivity contribution in [1.29, 1.82) is 0 Å². The van der Waals surface area contributed by atoms with Crippen LogP contribution in [0.25, 0.3) is 0 Å². The molecule has 4 unspecified atom stereocenters. The van der Waals surface area contributed by atoms with Crippen LogP contribution < -0.4 is 5.32 Å². The molecule has 0 radical (unpaired) electrons. The molecular formula is C16H29NO2. The average Bonchev–Trinajstić information content (AvgIpc) is 2.76. The predicted molar refractivity (Wildman–Crippen MR) is 76.0 cm³/mol. The lowest BCUT2D eigenvalue weighted by Gasteiger charge is -2.39. The van der Waals surface area contributed by atoms with Gasteiger partial charge in [0.25, 0.3) is 0 Å². The van der Waals surface area contributed by atoms with Crippen LogP contribution in [0.5, 0.6) is 0 Å². The summed E-state index contributed by atoms with van der Waals surface area (Å²) in [5, 5.41) is 3.73. The fraction of sp³-hybridized carbons (Fsp3) is 1.00. The Morgan fingerprint density at radius 2 is 1.84 bits per heavy atom. The zero-order chi connectivity index (χ0) is 13.3. The SMILES string of the molecule is CC1(C)OCC(CNC2CCC3CCCCC3C2)O1. The minimum absolute atomic E-state index is 0.235. The third kappa shape index (κ3) is 3.50. The molecule has 3 aliphatic rings. The van der Waals surface area contributed by atoms with Gasteiger partial charge in [-0.05, 0) is 44.9 Å². The summed E-state index contributed by atoms with van der Waals surface area (Å²) in [6.07, 6.45) is 10.3. The normalized spacial score (nSPS) is 42.0. The molecule has 0 aromatic rings. The van der Waals surface area contributed by atoms with Crippen molar-refractivity contribution in [1.82, 2.24) is 5.32 Å². The zero-order valence-corrected chi connectivity index (χ0v) is 12.5. The van der Waals surface area contributed by atoms with Crippen LogP contribution in [0.3, 0.4) is 0 Å². The fourth-order valence-corrected chi connectivity index (χ4v) is 4.22. The quantitative estimate of drug-likeness (QED) is 0.852. The van der Waals surface area contributed by atoms with Crippen LogP contribution in [-0.2, 0) is 9.47 Å². The Hall–Kier alpha value is -0.120. The summed E-state index contributed by atoms with van der Waals surface area (Å²) in [7, 11) is 0. The lowest BCUT2D eigenvalue weighted by Crippen LogP contribution is -2.42. The van der Waals surface area contributed by atoms with Crippen molar-refractivity contribution in [2.24, 2.45) is 11.8 Å². The molecule has 3 heteroatoms. The van der Waals surface area contributed by atoms with E-state index in [0.717, 1.165) is 25.0 Å². The van der Waals surface area contributed by atoms with Gasteiger partial charge in [-0.15, -0.1) is 0 Å². The van der Waals surface area contributed by atoms with E-state index >= 15 is 0 Å². The van der Waals surface area contributed by atoms with E-state index in [0.29, 0.717) is 6.04 Å². The van der Waals surface area contributed by atoms with Crippen molar-refractivity contribution in [3.05, 3.63) is 0 Å². The molecule has 19 heavy (non-hydrogen) atoms. The van der Waals surface area contributed by atoms with Gasteiger partial charge in [-0.3, -0.25) is 0 Å².